The number of aromatic nitrogens is 1. The van der Waals surface area contributed by atoms with Gasteiger partial charge in [0.15, 0.2) is 0 Å². The summed E-state index contributed by atoms with van der Waals surface area (Å²) < 4.78 is 1.13. The van der Waals surface area contributed by atoms with Gasteiger partial charge in [0.2, 0.25) is 0 Å². The van der Waals surface area contributed by atoms with Gasteiger partial charge in [-0.05, 0) is 40.4 Å². The molecular weight excluding hydrogens is 278 g/mol. The second kappa shape index (κ2) is 4.95. The van der Waals surface area contributed by atoms with Crippen LogP contribution in [0.4, 0.5) is 0 Å². The molecule has 0 aliphatic heterocycles. The van der Waals surface area contributed by atoms with Crippen LogP contribution in [0.25, 0.3) is 20.9 Å². The van der Waals surface area contributed by atoms with Crippen molar-refractivity contribution in [2.24, 2.45) is 0 Å². The van der Waals surface area contributed by atoms with E-state index in [-0.39, 0.29) is 0 Å². The van der Waals surface area contributed by atoms with Crippen molar-refractivity contribution in [3.8, 4) is 0 Å². The van der Waals surface area contributed by atoms with Crippen LogP contribution < -0.4 is 0 Å². The Kier molecular flexibility index (Phi) is 2.95. The second-order valence-corrected chi connectivity index (χ2v) is 5.92. The largest absolute Gasteiger partial charge is 0.382 e. The molecule has 0 fully saturated rings. The minimum Gasteiger partial charge on any atom is -0.382 e. The Balaban J connectivity index is 2.01. The summed E-state index contributed by atoms with van der Waals surface area (Å²) in [6, 6.07) is 18.1. The summed E-state index contributed by atoms with van der Waals surface area (Å²) in [6.07, 6.45) is 1.02. The molecule has 0 spiro atoms. The van der Waals surface area contributed by atoms with Gasteiger partial charge in [-0.25, -0.2) is 0 Å². The third kappa shape index (κ3) is 2.02. The zero-order valence-electron chi connectivity index (χ0n) is 11.2. The van der Waals surface area contributed by atoms with E-state index in [0.717, 1.165) is 15.6 Å². The zero-order valence-corrected chi connectivity index (χ0v) is 12.0. The molecule has 0 radical (unpaired) electrons. The van der Waals surface area contributed by atoms with Gasteiger partial charge in [0.05, 0.1) is 5.69 Å². The molecule has 1 atom stereocenters. The van der Waals surface area contributed by atoms with E-state index in [1.807, 2.05) is 30.3 Å². The van der Waals surface area contributed by atoms with Crippen molar-refractivity contribution in [3.05, 3.63) is 77.4 Å². The first-order valence-electron chi connectivity index (χ1n) is 6.82. The van der Waals surface area contributed by atoms with E-state index >= 15 is 0 Å². The molecule has 0 aliphatic carbocycles. The van der Waals surface area contributed by atoms with Crippen LogP contribution in [-0.4, -0.2) is 10.1 Å². The highest BCUT2D eigenvalue weighted by Gasteiger charge is 2.17. The van der Waals surface area contributed by atoms with E-state index in [1.54, 1.807) is 17.5 Å². The van der Waals surface area contributed by atoms with Crippen LogP contribution >= 0.6 is 11.3 Å². The van der Waals surface area contributed by atoms with Gasteiger partial charge >= 0.3 is 0 Å². The average Bonchev–Trinajstić information content (AvgIpc) is 3.04. The summed E-state index contributed by atoms with van der Waals surface area (Å²) in [5.74, 6) is 0. The van der Waals surface area contributed by atoms with Crippen molar-refractivity contribution in [2.45, 2.75) is 6.10 Å². The molecule has 0 unspecified atom stereocenters. The van der Waals surface area contributed by atoms with Crippen molar-refractivity contribution >= 4 is 32.2 Å². The van der Waals surface area contributed by atoms with Crippen LogP contribution in [0, 0.1) is 0 Å². The van der Waals surface area contributed by atoms with Crippen LogP contribution in [0.2, 0.25) is 0 Å². The first-order chi connectivity index (χ1) is 10.3. The van der Waals surface area contributed by atoms with E-state index < -0.39 is 6.10 Å². The van der Waals surface area contributed by atoms with Crippen molar-refractivity contribution < 1.29 is 5.11 Å². The molecule has 21 heavy (non-hydrogen) atoms. The molecule has 2 nitrogen and oxygen atoms in total. The first-order valence-corrected chi connectivity index (χ1v) is 7.70. The molecular formula is C18H13NOS. The highest BCUT2D eigenvalue weighted by atomic mass is 32.1. The predicted molar refractivity (Wildman–Crippen MR) is 87.6 cm³/mol. The van der Waals surface area contributed by atoms with Crippen LogP contribution in [0.1, 0.15) is 17.4 Å². The number of hydrogen-bond acceptors (Lipinski definition) is 3. The molecule has 0 saturated carbocycles. The van der Waals surface area contributed by atoms with Gasteiger partial charge < -0.3 is 5.11 Å². The summed E-state index contributed by atoms with van der Waals surface area (Å²) in [7, 11) is 0. The van der Waals surface area contributed by atoms with Crippen molar-refractivity contribution in [1.82, 2.24) is 4.98 Å². The van der Waals surface area contributed by atoms with Gasteiger partial charge in [0.25, 0.3) is 0 Å². The van der Waals surface area contributed by atoms with Gasteiger partial charge in [-0.15, -0.1) is 11.3 Å². The summed E-state index contributed by atoms with van der Waals surface area (Å²) in [5, 5.41) is 16.4. The van der Waals surface area contributed by atoms with Crippen LogP contribution in [0.3, 0.4) is 0 Å². The molecule has 4 aromatic rings. The summed E-state index contributed by atoms with van der Waals surface area (Å²) in [6.45, 7) is 0. The van der Waals surface area contributed by atoms with Gasteiger partial charge in [0.1, 0.15) is 6.10 Å². The SMILES string of the molecule is O[C@@H](c1ccccn1)c1cc2ccccc2c2ccsc12. The fraction of sp³-hybridized carbons (Fsp3) is 0.0556. The Labute approximate surface area is 126 Å². The van der Waals surface area contributed by atoms with Crippen molar-refractivity contribution in [3.63, 3.8) is 0 Å². The van der Waals surface area contributed by atoms with Gasteiger partial charge in [-0.3, -0.25) is 4.98 Å². The van der Waals surface area contributed by atoms with Gasteiger partial charge in [-0.1, -0.05) is 30.3 Å². The van der Waals surface area contributed by atoms with Gasteiger partial charge in [-0.2, -0.15) is 0 Å². The highest BCUT2D eigenvalue weighted by Crippen LogP contribution is 2.36. The monoisotopic (exact) mass is 291 g/mol. The maximum absolute atomic E-state index is 10.7. The predicted octanol–water partition coefficient (Wildman–Crippen LogP) is 4.53. The maximum Gasteiger partial charge on any atom is 0.122 e. The lowest BCUT2D eigenvalue weighted by atomic mass is 9.98. The fourth-order valence-corrected chi connectivity index (χ4v) is 3.70. The van der Waals surface area contributed by atoms with Crippen molar-refractivity contribution in [1.29, 1.82) is 0 Å². The van der Waals surface area contributed by atoms with Crippen molar-refractivity contribution in [2.75, 3.05) is 0 Å². The van der Waals surface area contributed by atoms with Crippen LogP contribution in [0.5, 0.6) is 0 Å². The highest BCUT2D eigenvalue weighted by molar-refractivity contribution is 7.17. The number of hydrogen-bond donors (Lipinski definition) is 1. The molecule has 4 rings (SSSR count). The second-order valence-electron chi connectivity index (χ2n) is 5.01. The molecule has 2 aromatic heterocycles. The number of aliphatic hydroxyl groups excluding tert-OH is 1. The molecule has 102 valence electrons. The number of fused-ring (bicyclic) bond motifs is 3. The summed E-state index contributed by atoms with van der Waals surface area (Å²) in [5.41, 5.74) is 1.61. The van der Waals surface area contributed by atoms with E-state index in [9.17, 15) is 5.11 Å². The third-order valence-electron chi connectivity index (χ3n) is 3.75. The zero-order chi connectivity index (χ0) is 14.2. The first kappa shape index (κ1) is 12.5. The third-order valence-corrected chi connectivity index (χ3v) is 4.72. The standard InChI is InChI=1S/C18H13NOS/c20-17(16-7-3-4-9-19-16)15-11-12-5-1-2-6-13(12)14-8-10-21-18(14)15/h1-11,17,20H/t17-/m1/s1. The average molecular weight is 291 g/mol. The topological polar surface area (TPSA) is 33.1 Å². The number of pyridine rings is 1. The molecule has 1 N–H and O–H groups in total. The molecule has 0 aliphatic rings. The maximum atomic E-state index is 10.7. The lowest BCUT2D eigenvalue weighted by molar-refractivity contribution is 0.217. The number of thiophene rings is 1. The van der Waals surface area contributed by atoms with E-state index in [0.29, 0.717) is 5.69 Å². The molecule has 2 heterocycles. The van der Waals surface area contributed by atoms with E-state index in [1.165, 1.54) is 10.8 Å². The number of nitrogens with zero attached hydrogens (tertiary/aromatic N) is 1. The molecule has 0 saturated heterocycles. The van der Waals surface area contributed by atoms with Crippen LogP contribution in [-0.2, 0) is 0 Å². The minimum absolute atomic E-state index is 0.683. The Morgan fingerprint density at radius 3 is 2.67 bits per heavy atom. The number of rotatable bonds is 2. The summed E-state index contributed by atoms with van der Waals surface area (Å²) >= 11 is 1.66. The Morgan fingerprint density at radius 2 is 1.81 bits per heavy atom. The molecule has 0 amide bonds. The van der Waals surface area contributed by atoms with E-state index in [2.05, 4.69) is 34.6 Å². The van der Waals surface area contributed by atoms with E-state index in [4.69, 9.17) is 0 Å². The smallest absolute Gasteiger partial charge is 0.122 e. The summed E-state index contributed by atoms with van der Waals surface area (Å²) in [4.78, 5) is 4.28. The van der Waals surface area contributed by atoms with Crippen LogP contribution in [0.15, 0.2) is 66.2 Å². The molecule has 3 heteroatoms. The Hall–Kier alpha value is -2.23. The lowest BCUT2D eigenvalue weighted by Crippen LogP contribution is -2.02. The van der Waals surface area contributed by atoms with Gasteiger partial charge in [0, 0.05) is 21.8 Å². The molecule has 0 bridgehead atoms. The Bertz CT molecular complexity index is 914. The fourth-order valence-electron chi connectivity index (χ4n) is 2.75. The number of benzene rings is 2. The lowest BCUT2D eigenvalue weighted by Gasteiger charge is -2.13. The normalized spacial score (nSPS) is 12.8. The molecule has 2 aromatic carbocycles. The Morgan fingerprint density at radius 1 is 0.952 bits per heavy atom. The number of aliphatic hydroxyl groups is 1. The minimum atomic E-state index is -0.697. The quantitative estimate of drug-likeness (QED) is 0.588.